The van der Waals surface area contributed by atoms with Gasteiger partial charge in [0.15, 0.2) is 0 Å². The zero-order valence-corrected chi connectivity index (χ0v) is 14.3. The van der Waals surface area contributed by atoms with E-state index < -0.39 is 0 Å². The molecule has 1 rings (SSSR count). The third-order valence-corrected chi connectivity index (χ3v) is 4.17. The van der Waals surface area contributed by atoms with Gasteiger partial charge in [0.1, 0.15) is 0 Å². The number of hydrogen-bond donors (Lipinski definition) is 2. The van der Waals surface area contributed by atoms with Crippen LogP contribution < -0.4 is 10.6 Å². The van der Waals surface area contributed by atoms with Gasteiger partial charge in [0.25, 0.3) is 0 Å². The minimum Gasteiger partial charge on any atom is -0.326 e. The molecule has 1 aromatic carbocycles. The lowest BCUT2D eigenvalue weighted by molar-refractivity contribution is -0.117. The highest BCUT2D eigenvalue weighted by Gasteiger charge is 2.22. The number of amides is 1. The van der Waals surface area contributed by atoms with Gasteiger partial charge in [0, 0.05) is 18.2 Å². The fraction of sp³-hybridized carbons (Fsp3) is 0.611. The quantitative estimate of drug-likeness (QED) is 0.817. The molecule has 2 N–H and O–H groups in total. The molecule has 0 spiro atoms. The van der Waals surface area contributed by atoms with Gasteiger partial charge in [-0.3, -0.25) is 4.79 Å². The van der Waals surface area contributed by atoms with Crippen molar-refractivity contribution in [3.63, 3.8) is 0 Å². The van der Waals surface area contributed by atoms with Crippen LogP contribution in [-0.4, -0.2) is 12.5 Å². The van der Waals surface area contributed by atoms with Gasteiger partial charge in [-0.15, -0.1) is 0 Å². The van der Waals surface area contributed by atoms with Crippen molar-refractivity contribution < 1.29 is 4.79 Å². The molecule has 21 heavy (non-hydrogen) atoms. The first-order valence-corrected chi connectivity index (χ1v) is 7.87. The van der Waals surface area contributed by atoms with Gasteiger partial charge in [-0.25, -0.2) is 0 Å². The molecule has 0 heterocycles. The van der Waals surface area contributed by atoms with E-state index in [1.165, 1.54) is 5.56 Å². The van der Waals surface area contributed by atoms with Gasteiger partial charge < -0.3 is 10.6 Å². The second kappa shape index (κ2) is 7.60. The lowest BCUT2D eigenvalue weighted by Crippen LogP contribution is -2.24. The molecular weight excluding hydrogens is 260 g/mol. The minimum atomic E-state index is 0.0879. The third-order valence-electron chi connectivity index (χ3n) is 4.17. The first kappa shape index (κ1) is 17.7. The Morgan fingerprint density at radius 3 is 2.19 bits per heavy atom. The minimum absolute atomic E-state index is 0.0879. The van der Waals surface area contributed by atoms with Crippen molar-refractivity contribution in [3.8, 4) is 0 Å². The summed E-state index contributed by atoms with van der Waals surface area (Å²) in [5, 5.41) is 6.36. The molecule has 3 heteroatoms. The molecule has 118 valence electrons. The molecule has 0 aromatic heterocycles. The molecule has 1 amide bonds. The first-order valence-electron chi connectivity index (χ1n) is 7.87. The Morgan fingerprint density at radius 2 is 1.71 bits per heavy atom. The number of carbonyl (C=O) groups excluding carboxylic acids is 1. The molecule has 0 fully saturated rings. The average molecular weight is 290 g/mol. The number of benzene rings is 1. The van der Waals surface area contributed by atoms with E-state index in [-0.39, 0.29) is 11.3 Å². The maximum Gasteiger partial charge on any atom is 0.224 e. The van der Waals surface area contributed by atoms with E-state index in [1.54, 1.807) is 0 Å². The summed E-state index contributed by atoms with van der Waals surface area (Å²) in [5.74, 6) is 0.440. The lowest BCUT2D eigenvalue weighted by Gasteiger charge is -2.26. The van der Waals surface area contributed by atoms with Gasteiger partial charge >= 0.3 is 0 Å². The molecule has 0 bridgehead atoms. The molecule has 0 saturated carbocycles. The van der Waals surface area contributed by atoms with Crippen molar-refractivity contribution in [2.24, 2.45) is 11.3 Å². The van der Waals surface area contributed by atoms with Gasteiger partial charge in [-0.05, 0) is 42.5 Å². The average Bonchev–Trinajstić information content (AvgIpc) is 2.38. The van der Waals surface area contributed by atoms with Crippen LogP contribution in [-0.2, 0) is 4.79 Å². The molecule has 2 unspecified atom stereocenters. The highest BCUT2D eigenvalue weighted by molar-refractivity contribution is 5.90. The van der Waals surface area contributed by atoms with E-state index in [0.717, 1.165) is 12.2 Å². The maximum atomic E-state index is 12.1. The van der Waals surface area contributed by atoms with Crippen LogP contribution in [0.3, 0.4) is 0 Å². The summed E-state index contributed by atoms with van der Waals surface area (Å²) in [7, 11) is 0. The highest BCUT2D eigenvalue weighted by Crippen LogP contribution is 2.28. The fourth-order valence-corrected chi connectivity index (χ4v) is 2.08. The topological polar surface area (TPSA) is 41.1 Å². The van der Waals surface area contributed by atoms with Gasteiger partial charge in [0.2, 0.25) is 5.91 Å². The molecule has 2 atom stereocenters. The van der Waals surface area contributed by atoms with Crippen molar-refractivity contribution >= 4 is 11.6 Å². The summed E-state index contributed by atoms with van der Waals surface area (Å²) in [5.41, 5.74) is 2.26. The molecule has 0 radical (unpaired) electrons. The standard InChI is InChI=1S/C18H30N2O/c1-7-19-14(3)15-8-10-16(11-9-15)20-17(21)12-13(2)18(4,5)6/h8-11,13-14,19H,7,12H2,1-6H3,(H,20,21). The summed E-state index contributed by atoms with van der Waals surface area (Å²) < 4.78 is 0. The van der Waals surface area contributed by atoms with E-state index >= 15 is 0 Å². The number of hydrogen-bond acceptors (Lipinski definition) is 2. The number of nitrogens with one attached hydrogen (secondary N) is 2. The van der Waals surface area contributed by atoms with Crippen LogP contribution in [0.25, 0.3) is 0 Å². The van der Waals surface area contributed by atoms with Crippen molar-refractivity contribution in [2.75, 3.05) is 11.9 Å². The van der Waals surface area contributed by atoms with Crippen LogP contribution in [0.2, 0.25) is 0 Å². The SMILES string of the molecule is CCNC(C)c1ccc(NC(=O)CC(C)C(C)(C)C)cc1. The van der Waals surface area contributed by atoms with E-state index in [9.17, 15) is 4.79 Å². The predicted molar refractivity (Wildman–Crippen MR) is 90.4 cm³/mol. The van der Waals surface area contributed by atoms with Crippen LogP contribution in [0.5, 0.6) is 0 Å². The van der Waals surface area contributed by atoms with Crippen molar-refractivity contribution in [1.29, 1.82) is 0 Å². The van der Waals surface area contributed by atoms with E-state index in [4.69, 9.17) is 0 Å². The number of carbonyl (C=O) groups is 1. The third kappa shape index (κ3) is 5.88. The van der Waals surface area contributed by atoms with Crippen LogP contribution in [0, 0.1) is 11.3 Å². The fourth-order valence-electron chi connectivity index (χ4n) is 2.08. The summed E-state index contributed by atoms with van der Waals surface area (Å²) in [4.78, 5) is 12.1. The number of rotatable bonds is 6. The molecule has 0 aliphatic carbocycles. The van der Waals surface area contributed by atoms with Crippen LogP contribution in [0.4, 0.5) is 5.69 Å². The maximum absolute atomic E-state index is 12.1. The molecule has 0 aliphatic rings. The normalized spacial score (nSPS) is 14.6. The molecule has 0 aliphatic heterocycles. The molecule has 0 saturated heterocycles. The van der Waals surface area contributed by atoms with Crippen molar-refractivity contribution in [1.82, 2.24) is 5.32 Å². The van der Waals surface area contributed by atoms with Gasteiger partial charge in [-0.1, -0.05) is 46.8 Å². The Labute approximate surface area is 129 Å². The number of anilines is 1. The van der Waals surface area contributed by atoms with Crippen molar-refractivity contribution in [3.05, 3.63) is 29.8 Å². The summed E-state index contributed by atoms with van der Waals surface area (Å²) >= 11 is 0. The Kier molecular flexibility index (Phi) is 6.41. The highest BCUT2D eigenvalue weighted by atomic mass is 16.1. The Balaban J connectivity index is 2.58. The Morgan fingerprint density at radius 1 is 1.14 bits per heavy atom. The van der Waals surface area contributed by atoms with Gasteiger partial charge in [0.05, 0.1) is 0 Å². The smallest absolute Gasteiger partial charge is 0.224 e. The van der Waals surface area contributed by atoms with E-state index in [2.05, 4.69) is 64.3 Å². The predicted octanol–water partition coefficient (Wildman–Crippen LogP) is 4.37. The zero-order chi connectivity index (χ0) is 16.0. The summed E-state index contributed by atoms with van der Waals surface area (Å²) in [6.07, 6.45) is 0.555. The summed E-state index contributed by atoms with van der Waals surface area (Å²) in [6, 6.07) is 8.42. The zero-order valence-electron chi connectivity index (χ0n) is 14.3. The Bertz CT molecular complexity index is 445. The van der Waals surface area contributed by atoms with E-state index in [0.29, 0.717) is 18.4 Å². The molecular formula is C18H30N2O. The largest absolute Gasteiger partial charge is 0.326 e. The second-order valence-electron chi connectivity index (χ2n) is 6.92. The second-order valence-corrected chi connectivity index (χ2v) is 6.92. The van der Waals surface area contributed by atoms with E-state index in [1.807, 2.05) is 12.1 Å². The summed E-state index contributed by atoms with van der Waals surface area (Å²) in [6.45, 7) is 13.8. The van der Waals surface area contributed by atoms with Crippen molar-refractivity contribution in [2.45, 2.75) is 54.0 Å². The monoisotopic (exact) mass is 290 g/mol. The van der Waals surface area contributed by atoms with Crippen LogP contribution >= 0.6 is 0 Å². The lowest BCUT2D eigenvalue weighted by atomic mass is 9.80. The first-order chi connectivity index (χ1) is 9.74. The molecule has 3 nitrogen and oxygen atoms in total. The Hall–Kier alpha value is -1.35. The molecule has 1 aromatic rings. The van der Waals surface area contributed by atoms with Gasteiger partial charge in [-0.2, -0.15) is 0 Å². The van der Waals surface area contributed by atoms with Crippen LogP contribution in [0.15, 0.2) is 24.3 Å². The van der Waals surface area contributed by atoms with Crippen LogP contribution in [0.1, 0.15) is 59.6 Å².